The summed E-state index contributed by atoms with van der Waals surface area (Å²) in [4.78, 5) is 6.99. The van der Waals surface area contributed by atoms with Gasteiger partial charge in [0.2, 0.25) is 5.88 Å². The van der Waals surface area contributed by atoms with Gasteiger partial charge in [0.05, 0.1) is 18.3 Å². The van der Waals surface area contributed by atoms with Crippen molar-refractivity contribution in [2.24, 2.45) is 5.92 Å². The fourth-order valence-electron chi connectivity index (χ4n) is 4.41. The number of halogens is 3. The summed E-state index contributed by atoms with van der Waals surface area (Å²) < 4.78 is 69.0. The van der Waals surface area contributed by atoms with Crippen LogP contribution in [0, 0.1) is 5.92 Å². The van der Waals surface area contributed by atoms with Gasteiger partial charge in [-0.1, -0.05) is 30.3 Å². The van der Waals surface area contributed by atoms with Crippen molar-refractivity contribution in [3.8, 4) is 5.88 Å². The summed E-state index contributed by atoms with van der Waals surface area (Å²) >= 11 is 0. The normalized spacial score (nSPS) is 19.2. The molecule has 0 N–H and O–H groups in total. The zero-order chi connectivity index (χ0) is 24.3. The predicted octanol–water partition coefficient (Wildman–Crippen LogP) is 4.94. The maximum absolute atomic E-state index is 13.4. The van der Waals surface area contributed by atoms with Gasteiger partial charge < -0.3 is 4.74 Å². The second kappa shape index (κ2) is 10.2. The highest BCUT2D eigenvalue weighted by atomic mass is 32.2. The minimum absolute atomic E-state index is 0.0183. The molecule has 2 fully saturated rings. The van der Waals surface area contributed by atoms with Crippen LogP contribution in [0.1, 0.15) is 54.3 Å². The molecule has 4 rings (SSSR count). The number of pyridine rings is 1. The summed E-state index contributed by atoms with van der Waals surface area (Å²) in [5, 5.41) is 0. The third kappa shape index (κ3) is 7.18. The van der Waals surface area contributed by atoms with Crippen LogP contribution in [0.15, 0.2) is 42.5 Å². The van der Waals surface area contributed by atoms with E-state index in [-0.39, 0.29) is 5.56 Å². The first-order chi connectivity index (χ1) is 16.1. The van der Waals surface area contributed by atoms with Gasteiger partial charge in [0.25, 0.3) is 0 Å². The van der Waals surface area contributed by atoms with Crippen LogP contribution in [-0.4, -0.2) is 56.2 Å². The Bertz CT molecular complexity index is 1060. The lowest BCUT2D eigenvalue weighted by molar-refractivity contribution is -0.145. The van der Waals surface area contributed by atoms with Crippen LogP contribution in [0.3, 0.4) is 0 Å². The highest BCUT2D eigenvalue weighted by molar-refractivity contribution is 7.90. The van der Waals surface area contributed by atoms with Gasteiger partial charge in [-0.2, -0.15) is 13.2 Å². The maximum Gasteiger partial charge on any atom is 0.396 e. The molecule has 2 aromatic rings. The molecule has 1 saturated heterocycles. The van der Waals surface area contributed by atoms with Crippen LogP contribution in [0.4, 0.5) is 13.2 Å². The third-order valence-corrected chi connectivity index (χ3v) is 7.51. The van der Waals surface area contributed by atoms with Crippen LogP contribution >= 0.6 is 0 Å². The molecule has 2 aliphatic rings. The summed E-state index contributed by atoms with van der Waals surface area (Å²) in [6.45, 7) is 3.14. The number of hydrogen-bond donors (Lipinski definition) is 0. The van der Waals surface area contributed by atoms with Crippen molar-refractivity contribution in [1.29, 1.82) is 0 Å². The van der Waals surface area contributed by atoms with E-state index in [1.165, 1.54) is 25.0 Å². The lowest BCUT2D eigenvalue weighted by atomic mass is 9.92. The van der Waals surface area contributed by atoms with Crippen molar-refractivity contribution in [2.45, 2.75) is 50.2 Å². The zero-order valence-electron chi connectivity index (χ0n) is 19.3. The number of piperidine rings is 1. The van der Waals surface area contributed by atoms with Crippen molar-refractivity contribution in [1.82, 2.24) is 9.88 Å². The van der Waals surface area contributed by atoms with Crippen LogP contribution < -0.4 is 4.74 Å². The summed E-state index contributed by atoms with van der Waals surface area (Å²) in [5.74, 6) is -1.21. The van der Waals surface area contributed by atoms with E-state index in [2.05, 4.69) is 11.0 Å². The number of ether oxygens (including phenoxy) is 1. The van der Waals surface area contributed by atoms with Crippen LogP contribution in [-0.2, 0) is 16.4 Å². The molecule has 1 aromatic heterocycles. The fourth-order valence-corrected chi connectivity index (χ4v) is 5.40. The fraction of sp³-hybridized carbons (Fsp3) is 0.560. The van der Waals surface area contributed by atoms with Crippen LogP contribution in [0.5, 0.6) is 5.88 Å². The Morgan fingerprint density at radius 2 is 1.74 bits per heavy atom. The minimum atomic E-state index is -4.61. The van der Waals surface area contributed by atoms with Crippen molar-refractivity contribution in [2.75, 3.05) is 31.7 Å². The zero-order valence-corrected chi connectivity index (χ0v) is 20.1. The Kier molecular flexibility index (Phi) is 7.52. The smallest absolute Gasteiger partial charge is 0.396 e. The third-order valence-electron chi connectivity index (χ3n) is 6.57. The molecule has 1 aromatic carbocycles. The van der Waals surface area contributed by atoms with E-state index in [1.54, 1.807) is 12.1 Å². The number of rotatable bonds is 9. The van der Waals surface area contributed by atoms with Gasteiger partial charge in [0.1, 0.15) is 9.84 Å². The largest absolute Gasteiger partial charge is 0.477 e. The van der Waals surface area contributed by atoms with Crippen molar-refractivity contribution in [3.05, 3.63) is 59.3 Å². The number of nitrogens with zero attached hydrogens (tertiary/aromatic N) is 2. The lowest BCUT2D eigenvalue weighted by Gasteiger charge is -2.32. The Morgan fingerprint density at radius 1 is 1.06 bits per heavy atom. The topological polar surface area (TPSA) is 59.5 Å². The Labute approximate surface area is 199 Å². The van der Waals surface area contributed by atoms with Gasteiger partial charge in [-0.3, -0.25) is 4.90 Å². The Hall–Kier alpha value is -2.13. The molecule has 1 atom stereocenters. The molecule has 1 aliphatic carbocycles. The maximum atomic E-state index is 13.4. The molecular weight excluding hydrogens is 465 g/mol. The Morgan fingerprint density at radius 3 is 2.32 bits per heavy atom. The number of sulfone groups is 1. The molecule has 2 heterocycles. The predicted molar refractivity (Wildman–Crippen MR) is 125 cm³/mol. The average Bonchev–Trinajstić information content (AvgIpc) is 3.61. The molecule has 5 nitrogen and oxygen atoms in total. The first-order valence-electron chi connectivity index (χ1n) is 11.7. The molecule has 186 valence electrons. The van der Waals surface area contributed by atoms with Crippen molar-refractivity contribution in [3.63, 3.8) is 0 Å². The molecule has 1 saturated carbocycles. The number of alkyl halides is 3. The summed E-state index contributed by atoms with van der Waals surface area (Å²) in [6, 6.07) is 12.1. The van der Waals surface area contributed by atoms with E-state index in [0.29, 0.717) is 24.3 Å². The monoisotopic (exact) mass is 496 g/mol. The average molecular weight is 497 g/mol. The van der Waals surface area contributed by atoms with Crippen molar-refractivity contribution < 1.29 is 26.3 Å². The van der Waals surface area contributed by atoms with Crippen LogP contribution in [0.25, 0.3) is 0 Å². The van der Waals surface area contributed by atoms with Gasteiger partial charge in [0, 0.05) is 30.5 Å². The van der Waals surface area contributed by atoms with Gasteiger partial charge in [-0.15, -0.1) is 0 Å². The molecule has 1 aliphatic heterocycles. The summed E-state index contributed by atoms with van der Waals surface area (Å²) in [5.41, 5.74) is 1.95. The lowest BCUT2D eigenvalue weighted by Crippen LogP contribution is -2.32. The molecule has 9 heteroatoms. The number of likely N-dealkylation sites (tertiary alicyclic amines) is 1. The SMILES string of the molecule is CS(=O)(=O)C[C@@H](c1ccc(CN2CCC(c3cccc(OCC4CC4)n3)CC2)cc1)C(F)(F)F. The van der Waals surface area contributed by atoms with E-state index in [1.807, 2.05) is 12.1 Å². The highest BCUT2D eigenvalue weighted by Crippen LogP contribution is 2.36. The molecule has 34 heavy (non-hydrogen) atoms. The van der Waals surface area contributed by atoms with E-state index < -0.39 is 27.7 Å². The summed E-state index contributed by atoms with van der Waals surface area (Å²) in [7, 11) is -3.76. The molecule has 0 unspecified atom stereocenters. The summed E-state index contributed by atoms with van der Waals surface area (Å²) in [6.07, 6.45) is 0.621. The standard InChI is InChI=1S/C25H31F3N2O3S/c1-34(31,32)17-22(25(26,27)28)20-9-7-18(8-10-20)15-30-13-11-21(12-14-30)23-3-2-4-24(29-23)33-16-19-5-6-19/h2-4,7-10,19,21-22H,5-6,11-17H2,1H3/t22-/m0/s1. The number of aromatic nitrogens is 1. The minimum Gasteiger partial charge on any atom is -0.477 e. The molecular formula is C25H31F3N2O3S. The molecule has 0 amide bonds. The van der Waals surface area contributed by atoms with Gasteiger partial charge in [-0.05, 0) is 61.9 Å². The van der Waals surface area contributed by atoms with E-state index in [9.17, 15) is 21.6 Å². The first kappa shape index (κ1) is 25.0. The molecule has 0 radical (unpaired) electrons. The Balaban J connectivity index is 1.31. The van der Waals surface area contributed by atoms with Gasteiger partial charge in [0.15, 0.2) is 0 Å². The van der Waals surface area contributed by atoms with Gasteiger partial charge >= 0.3 is 6.18 Å². The second-order valence-electron chi connectivity index (χ2n) is 9.63. The number of benzene rings is 1. The van der Waals surface area contributed by atoms with Crippen molar-refractivity contribution >= 4 is 9.84 Å². The van der Waals surface area contributed by atoms with E-state index in [0.717, 1.165) is 50.1 Å². The number of hydrogen-bond acceptors (Lipinski definition) is 5. The van der Waals surface area contributed by atoms with E-state index >= 15 is 0 Å². The second-order valence-corrected chi connectivity index (χ2v) is 11.8. The van der Waals surface area contributed by atoms with Gasteiger partial charge in [-0.25, -0.2) is 13.4 Å². The molecule has 0 spiro atoms. The molecule has 0 bridgehead atoms. The van der Waals surface area contributed by atoms with Crippen LogP contribution in [0.2, 0.25) is 0 Å². The first-order valence-corrected chi connectivity index (χ1v) is 13.8. The quantitative estimate of drug-likeness (QED) is 0.492. The van der Waals surface area contributed by atoms with E-state index in [4.69, 9.17) is 9.72 Å². The highest BCUT2D eigenvalue weighted by Gasteiger charge is 2.42.